The molecule has 1 saturated carbocycles. The molecule has 2 N–H and O–H groups in total. The number of H-pyrrole nitrogens is 1. The summed E-state index contributed by atoms with van der Waals surface area (Å²) < 4.78 is 0. The standard InChI is InChI=1S/C13H14N2O/c1-8-7-11(8)15-13(16)10-4-2-3-9-5-6-14-12(9)10/h2-6,8,11,14H,7H2,1H3,(H,15,16). The highest BCUT2D eigenvalue weighted by Crippen LogP contribution is 2.29. The van der Waals surface area contributed by atoms with Crippen LogP contribution in [0.5, 0.6) is 0 Å². The van der Waals surface area contributed by atoms with E-state index in [4.69, 9.17) is 0 Å². The Morgan fingerprint density at radius 2 is 2.25 bits per heavy atom. The third-order valence-corrected chi connectivity index (χ3v) is 3.26. The molecule has 1 aromatic carbocycles. The first kappa shape index (κ1) is 9.46. The fourth-order valence-corrected chi connectivity index (χ4v) is 2.04. The number of benzene rings is 1. The Balaban J connectivity index is 1.92. The fraction of sp³-hybridized carbons (Fsp3) is 0.308. The Morgan fingerprint density at radius 3 is 3.00 bits per heavy atom. The van der Waals surface area contributed by atoms with Gasteiger partial charge in [-0.15, -0.1) is 0 Å². The second-order valence-corrected chi connectivity index (χ2v) is 4.54. The van der Waals surface area contributed by atoms with Crippen LogP contribution in [0.2, 0.25) is 0 Å². The minimum Gasteiger partial charge on any atom is -0.361 e. The Hall–Kier alpha value is -1.77. The van der Waals surface area contributed by atoms with Crippen LogP contribution in [-0.2, 0) is 0 Å². The zero-order valence-corrected chi connectivity index (χ0v) is 9.16. The second-order valence-electron chi connectivity index (χ2n) is 4.54. The summed E-state index contributed by atoms with van der Waals surface area (Å²) in [5.41, 5.74) is 1.66. The van der Waals surface area contributed by atoms with Crippen LogP contribution < -0.4 is 5.32 Å². The lowest BCUT2D eigenvalue weighted by atomic mass is 10.1. The molecule has 1 heterocycles. The summed E-state index contributed by atoms with van der Waals surface area (Å²) in [5.74, 6) is 0.661. The lowest BCUT2D eigenvalue weighted by Crippen LogP contribution is -2.26. The molecule has 1 aliphatic carbocycles. The normalized spacial score (nSPS) is 23.3. The molecule has 0 aliphatic heterocycles. The molecule has 1 fully saturated rings. The maximum atomic E-state index is 12.0. The van der Waals surface area contributed by atoms with Gasteiger partial charge in [0.25, 0.3) is 5.91 Å². The monoisotopic (exact) mass is 214 g/mol. The van der Waals surface area contributed by atoms with Crippen molar-refractivity contribution in [3.63, 3.8) is 0 Å². The number of rotatable bonds is 2. The van der Waals surface area contributed by atoms with Gasteiger partial charge >= 0.3 is 0 Å². The number of amides is 1. The number of para-hydroxylation sites is 1. The molecule has 82 valence electrons. The van der Waals surface area contributed by atoms with Crippen LogP contribution in [0.3, 0.4) is 0 Å². The fourth-order valence-electron chi connectivity index (χ4n) is 2.04. The Kier molecular flexibility index (Phi) is 1.99. The van der Waals surface area contributed by atoms with Crippen LogP contribution in [0.4, 0.5) is 0 Å². The van der Waals surface area contributed by atoms with Crippen molar-refractivity contribution in [3.8, 4) is 0 Å². The molecule has 2 atom stereocenters. The van der Waals surface area contributed by atoms with Gasteiger partial charge in [-0.3, -0.25) is 4.79 Å². The van der Waals surface area contributed by atoms with E-state index < -0.39 is 0 Å². The van der Waals surface area contributed by atoms with Gasteiger partial charge in [0.15, 0.2) is 0 Å². The topological polar surface area (TPSA) is 44.9 Å². The zero-order valence-electron chi connectivity index (χ0n) is 9.16. The molecule has 2 aromatic rings. The maximum absolute atomic E-state index is 12.0. The molecular formula is C13H14N2O. The summed E-state index contributed by atoms with van der Waals surface area (Å²) in [6.45, 7) is 2.15. The smallest absolute Gasteiger partial charge is 0.253 e. The van der Waals surface area contributed by atoms with Gasteiger partial charge in [0.05, 0.1) is 11.1 Å². The van der Waals surface area contributed by atoms with Crippen LogP contribution in [0.25, 0.3) is 10.9 Å². The number of aromatic nitrogens is 1. The third-order valence-electron chi connectivity index (χ3n) is 3.26. The lowest BCUT2D eigenvalue weighted by Gasteiger charge is -2.04. The molecular weight excluding hydrogens is 200 g/mol. The van der Waals surface area contributed by atoms with Crippen LogP contribution in [-0.4, -0.2) is 16.9 Å². The van der Waals surface area contributed by atoms with Crippen molar-refractivity contribution >= 4 is 16.8 Å². The molecule has 2 unspecified atom stereocenters. The van der Waals surface area contributed by atoms with Gasteiger partial charge in [-0.1, -0.05) is 19.1 Å². The lowest BCUT2D eigenvalue weighted by molar-refractivity contribution is 0.0951. The average molecular weight is 214 g/mol. The molecule has 3 nitrogen and oxygen atoms in total. The predicted molar refractivity (Wildman–Crippen MR) is 63.3 cm³/mol. The van der Waals surface area contributed by atoms with E-state index in [0.29, 0.717) is 12.0 Å². The highest BCUT2D eigenvalue weighted by molar-refractivity contribution is 6.05. The van der Waals surface area contributed by atoms with Crippen LogP contribution >= 0.6 is 0 Å². The van der Waals surface area contributed by atoms with Crippen LogP contribution in [0, 0.1) is 5.92 Å². The van der Waals surface area contributed by atoms with Gasteiger partial charge in [0.2, 0.25) is 0 Å². The molecule has 0 bridgehead atoms. The number of fused-ring (bicyclic) bond motifs is 1. The third kappa shape index (κ3) is 1.48. The van der Waals surface area contributed by atoms with Crippen molar-refractivity contribution in [2.24, 2.45) is 5.92 Å². The molecule has 1 aromatic heterocycles. The van der Waals surface area contributed by atoms with Gasteiger partial charge in [0.1, 0.15) is 0 Å². The Labute approximate surface area is 93.9 Å². The zero-order chi connectivity index (χ0) is 11.1. The molecule has 1 aliphatic rings. The predicted octanol–water partition coefficient (Wildman–Crippen LogP) is 2.31. The number of carbonyl (C=O) groups is 1. The van der Waals surface area contributed by atoms with Gasteiger partial charge < -0.3 is 10.3 Å². The van der Waals surface area contributed by atoms with Crippen molar-refractivity contribution < 1.29 is 4.79 Å². The summed E-state index contributed by atoms with van der Waals surface area (Å²) >= 11 is 0. The minimum absolute atomic E-state index is 0.0300. The molecule has 3 rings (SSSR count). The van der Waals surface area contributed by atoms with Crippen molar-refractivity contribution in [1.82, 2.24) is 10.3 Å². The number of nitrogens with one attached hydrogen (secondary N) is 2. The van der Waals surface area contributed by atoms with E-state index in [9.17, 15) is 4.79 Å². The van der Waals surface area contributed by atoms with Gasteiger partial charge in [-0.25, -0.2) is 0 Å². The molecule has 16 heavy (non-hydrogen) atoms. The number of hydrogen-bond donors (Lipinski definition) is 2. The molecule has 0 radical (unpaired) electrons. The first-order valence-corrected chi connectivity index (χ1v) is 5.62. The van der Waals surface area contributed by atoms with E-state index in [1.165, 1.54) is 0 Å². The van der Waals surface area contributed by atoms with E-state index in [-0.39, 0.29) is 5.91 Å². The van der Waals surface area contributed by atoms with Crippen molar-refractivity contribution in [2.45, 2.75) is 19.4 Å². The van der Waals surface area contributed by atoms with Crippen molar-refractivity contribution in [1.29, 1.82) is 0 Å². The molecule has 0 saturated heterocycles. The Morgan fingerprint density at radius 1 is 1.44 bits per heavy atom. The number of hydrogen-bond acceptors (Lipinski definition) is 1. The van der Waals surface area contributed by atoms with Crippen molar-refractivity contribution in [3.05, 3.63) is 36.0 Å². The van der Waals surface area contributed by atoms with Crippen LogP contribution in [0.1, 0.15) is 23.7 Å². The first-order valence-electron chi connectivity index (χ1n) is 5.62. The van der Waals surface area contributed by atoms with E-state index in [2.05, 4.69) is 17.2 Å². The largest absolute Gasteiger partial charge is 0.361 e. The summed E-state index contributed by atoms with van der Waals surface area (Å²) in [6, 6.07) is 8.13. The quantitative estimate of drug-likeness (QED) is 0.791. The summed E-state index contributed by atoms with van der Waals surface area (Å²) in [6.07, 6.45) is 2.97. The van der Waals surface area contributed by atoms with Crippen molar-refractivity contribution in [2.75, 3.05) is 0 Å². The van der Waals surface area contributed by atoms with Gasteiger partial charge in [-0.2, -0.15) is 0 Å². The Bertz CT molecular complexity index is 544. The highest BCUT2D eigenvalue weighted by Gasteiger charge is 2.34. The molecule has 1 amide bonds. The highest BCUT2D eigenvalue weighted by atomic mass is 16.1. The second kappa shape index (κ2) is 3.37. The SMILES string of the molecule is CC1CC1NC(=O)c1cccc2cc[nH]c12. The van der Waals surface area contributed by atoms with Gasteiger partial charge in [-0.05, 0) is 24.5 Å². The minimum atomic E-state index is 0.0300. The number of aromatic amines is 1. The summed E-state index contributed by atoms with van der Waals surface area (Å²) in [7, 11) is 0. The number of carbonyl (C=O) groups excluding carboxylic acids is 1. The summed E-state index contributed by atoms with van der Waals surface area (Å²) in [5, 5.41) is 4.12. The first-order chi connectivity index (χ1) is 7.75. The average Bonchev–Trinajstić information content (AvgIpc) is 2.81. The van der Waals surface area contributed by atoms with E-state index >= 15 is 0 Å². The summed E-state index contributed by atoms with van der Waals surface area (Å²) in [4.78, 5) is 15.1. The molecule has 3 heteroatoms. The van der Waals surface area contributed by atoms with E-state index in [1.54, 1.807) is 0 Å². The van der Waals surface area contributed by atoms with Gasteiger partial charge in [0, 0.05) is 17.6 Å². The molecule has 0 spiro atoms. The van der Waals surface area contributed by atoms with Crippen LogP contribution in [0.15, 0.2) is 30.5 Å². The maximum Gasteiger partial charge on any atom is 0.253 e. The van der Waals surface area contributed by atoms with E-state index in [0.717, 1.165) is 22.9 Å². The van der Waals surface area contributed by atoms with E-state index in [1.807, 2.05) is 30.5 Å².